The van der Waals surface area contributed by atoms with E-state index in [4.69, 9.17) is 9.52 Å². The highest BCUT2D eigenvalue weighted by atomic mass is 16.4. The molecule has 0 N–H and O–H groups in total. The van der Waals surface area contributed by atoms with E-state index in [2.05, 4.69) is 45.8 Å². The molecule has 1 aromatic heterocycles. The third kappa shape index (κ3) is 3.35. The largest absolute Gasteiger partial charge is 0.424 e. The standard InChI is InChI=1S/C35H45N3O3/c1-30(2)12-14-35(29-38-37-28(41-29)20-8-9-20)15-13-34(7)26(22(35)18-30)23(39)16-25-32(5)17-21(19-36)27(40)31(3,4)24(32)10-11-33(25,34)6/h16-17,20,22,24,26H,8-15,18H2,1-7H3/t22?,24-,26?,32-,33+,34+,35-/m0/s1. The summed E-state index contributed by atoms with van der Waals surface area (Å²) >= 11 is 0. The Balaban J connectivity index is 1.38. The van der Waals surface area contributed by atoms with Gasteiger partial charge in [-0.1, -0.05) is 60.1 Å². The lowest BCUT2D eigenvalue weighted by molar-refractivity contribution is -0.161. The second-order valence-electron chi connectivity index (χ2n) is 16.6. The second kappa shape index (κ2) is 8.08. The van der Waals surface area contributed by atoms with Gasteiger partial charge < -0.3 is 4.42 Å². The van der Waals surface area contributed by atoms with Crippen molar-refractivity contribution in [3.05, 3.63) is 35.1 Å². The first kappa shape index (κ1) is 27.3. The van der Waals surface area contributed by atoms with Crippen molar-refractivity contribution in [3.8, 4) is 6.07 Å². The molecule has 218 valence electrons. The molecule has 0 saturated heterocycles. The van der Waals surface area contributed by atoms with Gasteiger partial charge in [0.2, 0.25) is 11.8 Å². The van der Waals surface area contributed by atoms with Crippen molar-refractivity contribution >= 4 is 11.6 Å². The van der Waals surface area contributed by atoms with Crippen molar-refractivity contribution in [1.29, 1.82) is 5.26 Å². The maximum absolute atomic E-state index is 14.7. The smallest absolute Gasteiger partial charge is 0.223 e. The number of rotatable bonds is 2. The fourth-order valence-electron chi connectivity index (χ4n) is 10.9. The fourth-order valence-corrected chi connectivity index (χ4v) is 10.9. The molecule has 1 heterocycles. The van der Waals surface area contributed by atoms with E-state index in [1.165, 1.54) is 0 Å². The molecule has 0 amide bonds. The molecule has 0 spiro atoms. The van der Waals surface area contributed by atoms with Crippen molar-refractivity contribution in [2.45, 2.75) is 118 Å². The SMILES string of the molecule is CC1(C)CC[C@]2(c3nnc(C4CC4)o3)CC[C@]3(C)C(C(=O)C=C4[C@@]5(C)C=C(C#N)C(=O)C(C)(C)[C@@H]5CC[C@]43C)C2C1. The number of Topliss-reactive ketones (excluding diaryl/α,β-unsaturated/α-hetero) is 1. The van der Waals surface area contributed by atoms with E-state index in [0.29, 0.717) is 5.92 Å². The van der Waals surface area contributed by atoms with Gasteiger partial charge in [-0.3, -0.25) is 9.59 Å². The number of fused-ring (bicyclic) bond motifs is 7. The van der Waals surface area contributed by atoms with Crippen LogP contribution in [0.3, 0.4) is 0 Å². The highest BCUT2D eigenvalue weighted by Crippen LogP contribution is 2.74. The first-order valence-corrected chi connectivity index (χ1v) is 15.9. The van der Waals surface area contributed by atoms with Crippen molar-refractivity contribution < 1.29 is 14.0 Å². The number of allylic oxidation sites excluding steroid dienone is 4. The van der Waals surface area contributed by atoms with Gasteiger partial charge in [0.1, 0.15) is 6.07 Å². The Bertz CT molecular complexity index is 1470. The minimum atomic E-state index is -0.649. The number of nitrogens with zero attached hydrogens (tertiary/aromatic N) is 3. The Morgan fingerprint density at radius 3 is 2.32 bits per heavy atom. The zero-order valence-corrected chi connectivity index (χ0v) is 25.9. The molecule has 0 radical (unpaired) electrons. The number of aromatic nitrogens is 2. The van der Waals surface area contributed by atoms with Crippen LogP contribution >= 0.6 is 0 Å². The molecule has 1 aromatic rings. The van der Waals surface area contributed by atoms with Gasteiger partial charge >= 0.3 is 0 Å². The predicted octanol–water partition coefficient (Wildman–Crippen LogP) is 7.42. The van der Waals surface area contributed by atoms with Gasteiger partial charge in [0.05, 0.1) is 11.0 Å². The molecular formula is C35H45N3O3. The maximum atomic E-state index is 14.7. The van der Waals surface area contributed by atoms with Crippen LogP contribution in [0.2, 0.25) is 0 Å². The minimum Gasteiger partial charge on any atom is -0.424 e. The molecule has 4 saturated carbocycles. The number of carbonyl (C=O) groups is 2. The van der Waals surface area contributed by atoms with E-state index in [1.54, 1.807) is 0 Å². The van der Waals surface area contributed by atoms with Crippen molar-refractivity contribution in [2.75, 3.05) is 0 Å². The van der Waals surface area contributed by atoms with Gasteiger partial charge in [0.25, 0.3) is 0 Å². The Kier molecular flexibility index (Phi) is 5.38. The van der Waals surface area contributed by atoms with Crippen molar-refractivity contribution in [2.24, 2.45) is 44.8 Å². The monoisotopic (exact) mass is 555 g/mol. The summed E-state index contributed by atoms with van der Waals surface area (Å²) < 4.78 is 6.48. The van der Waals surface area contributed by atoms with Crippen LogP contribution in [0.25, 0.3) is 0 Å². The summed E-state index contributed by atoms with van der Waals surface area (Å²) in [5, 5.41) is 19.2. The molecule has 6 heteroatoms. The molecule has 7 rings (SSSR count). The Morgan fingerprint density at radius 2 is 1.63 bits per heavy atom. The van der Waals surface area contributed by atoms with Gasteiger partial charge in [-0.2, -0.15) is 5.26 Å². The molecule has 4 fully saturated rings. The third-order valence-electron chi connectivity index (χ3n) is 13.7. The van der Waals surface area contributed by atoms with E-state index < -0.39 is 10.8 Å². The summed E-state index contributed by atoms with van der Waals surface area (Å²) in [6, 6.07) is 2.21. The van der Waals surface area contributed by atoms with Crippen LogP contribution in [-0.4, -0.2) is 21.8 Å². The highest BCUT2D eigenvalue weighted by molar-refractivity contribution is 6.04. The number of hydrogen-bond acceptors (Lipinski definition) is 6. The van der Waals surface area contributed by atoms with Gasteiger partial charge in [0, 0.05) is 22.7 Å². The van der Waals surface area contributed by atoms with Crippen LogP contribution in [0, 0.1) is 56.2 Å². The van der Waals surface area contributed by atoms with E-state index in [-0.39, 0.29) is 56.6 Å². The van der Waals surface area contributed by atoms with Crippen LogP contribution in [0.4, 0.5) is 0 Å². The first-order valence-electron chi connectivity index (χ1n) is 15.9. The maximum Gasteiger partial charge on any atom is 0.223 e. The highest BCUT2D eigenvalue weighted by Gasteiger charge is 2.70. The van der Waals surface area contributed by atoms with Gasteiger partial charge in [-0.05, 0) is 91.9 Å². The number of hydrogen-bond donors (Lipinski definition) is 0. The topological polar surface area (TPSA) is 96.8 Å². The third-order valence-corrected chi connectivity index (χ3v) is 13.7. The number of ketones is 2. The van der Waals surface area contributed by atoms with Gasteiger partial charge in [0.15, 0.2) is 11.6 Å². The lowest BCUT2D eigenvalue weighted by Crippen LogP contribution is -2.65. The Morgan fingerprint density at radius 1 is 0.927 bits per heavy atom. The molecule has 6 aliphatic rings. The van der Waals surface area contributed by atoms with Gasteiger partial charge in [-0.15, -0.1) is 10.2 Å². The molecule has 6 nitrogen and oxygen atoms in total. The Labute approximate surface area is 244 Å². The zero-order chi connectivity index (χ0) is 29.4. The predicted molar refractivity (Wildman–Crippen MR) is 154 cm³/mol. The lowest BCUT2D eigenvalue weighted by atomic mass is 9.34. The molecule has 0 bridgehead atoms. The van der Waals surface area contributed by atoms with E-state index in [1.807, 2.05) is 26.0 Å². The molecular weight excluding hydrogens is 510 g/mol. The minimum absolute atomic E-state index is 0.0578. The average Bonchev–Trinajstić information content (AvgIpc) is 3.63. The second-order valence-corrected chi connectivity index (χ2v) is 16.6. The molecule has 41 heavy (non-hydrogen) atoms. The molecule has 0 aliphatic heterocycles. The number of nitriles is 1. The van der Waals surface area contributed by atoms with Crippen LogP contribution in [0.15, 0.2) is 27.7 Å². The molecule has 6 aliphatic carbocycles. The van der Waals surface area contributed by atoms with Crippen LogP contribution in [0.5, 0.6) is 0 Å². The summed E-state index contributed by atoms with van der Waals surface area (Å²) in [5.41, 5.74) is -0.339. The van der Waals surface area contributed by atoms with Gasteiger partial charge in [-0.25, -0.2) is 0 Å². The van der Waals surface area contributed by atoms with Crippen LogP contribution in [0.1, 0.15) is 124 Å². The Hall–Kier alpha value is -2.55. The molecule has 2 unspecified atom stereocenters. The van der Waals surface area contributed by atoms with Crippen molar-refractivity contribution in [1.82, 2.24) is 10.2 Å². The summed E-state index contributed by atoms with van der Waals surface area (Å²) in [6.07, 6.45) is 12.9. The molecule has 7 atom stereocenters. The van der Waals surface area contributed by atoms with E-state index >= 15 is 0 Å². The quantitative estimate of drug-likeness (QED) is 0.377. The summed E-state index contributed by atoms with van der Waals surface area (Å²) in [5.74, 6) is 2.21. The summed E-state index contributed by atoms with van der Waals surface area (Å²) in [7, 11) is 0. The first-order chi connectivity index (χ1) is 19.1. The zero-order valence-electron chi connectivity index (χ0n) is 25.9. The normalized spacial score (nSPS) is 44.4. The van der Waals surface area contributed by atoms with Crippen LogP contribution in [-0.2, 0) is 15.0 Å². The van der Waals surface area contributed by atoms with Crippen molar-refractivity contribution in [3.63, 3.8) is 0 Å². The summed E-state index contributed by atoms with van der Waals surface area (Å²) in [6.45, 7) is 15.7. The lowest BCUT2D eigenvalue weighted by Gasteiger charge is -2.68. The van der Waals surface area contributed by atoms with Crippen LogP contribution < -0.4 is 0 Å². The average molecular weight is 556 g/mol. The molecule has 0 aromatic carbocycles. The fraction of sp³-hybridized carbons (Fsp3) is 0.743. The summed E-state index contributed by atoms with van der Waals surface area (Å²) in [4.78, 5) is 28.0. The van der Waals surface area contributed by atoms with E-state index in [9.17, 15) is 14.9 Å². The number of carbonyl (C=O) groups excluding carboxylic acids is 2. The van der Waals surface area contributed by atoms with E-state index in [0.717, 1.165) is 75.1 Å².